The van der Waals surface area contributed by atoms with Crippen molar-refractivity contribution in [1.29, 1.82) is 0 Å². The van der Waals surface area contributed by atoms with Crippen LogP contribution in [-0.2, 0) is 19.2 Å². The highest BCUT2D eigenvalue weighted by Gasteiger charge is 2.42. The molecule has 1 heterocycles. The molecule has 3 rings (SSSR count). The number of hydrogen-bond acceptors (Lipinski definition) is 7. The quantitative estimate of drug-likeness (QED) is 0.373. The van der Waals surface area contributed by atoms with Gasteiger partial charge in [0.1, 0.15) is 12.1 Å². The Morgan fingerprint density at radius 3 is 2.17 bits per heavy atom. The van der Waals surface area contributed by atoms with E-state index >= 15 is 0 Å². The van der Waals surface area contributed by atoms with Gasteiger partial charge >= 0.3 is 5.97 Å². The van der Waals surface area contributed by atoms with Crippen molar-refractivity contribution in [3.8, 4) is 0 Å². The van der Waals surface area contributed by atoms with Crippen LogP contribution in [0.2, 0.25) is 0 Å². The topological polar surface area (TPSA) is 151 Å². The Kier molecular flexibility index (Phi) is 7.13. The number of hydrogen-bond donors (Lipinski definition) is 5. The maximum absolute atomic E-state index is 12.5. The fourth-order valence-corrected chi connectivity index (χ4v) is 5.43. The van der Waals surface area contributed by atoms with E-state index in [2.05, 4.69) is 15.5 Å². The molecule has 0 aromatic rings. The molecule has 1 aliphatic heterocycles. The number of nitrogens with one attached hydrogen (secondary N) is 2. The minimum atomic E-state index is -0.917. The minimum absolute atomic E-state index is 0.0748. The Hall–Kier alpha value is -1.71. The molecule has 2 aliphatic carbocycles. The second kappa shape index (κ2) is 9.40. The molecule has 4 bridgehead atoms. The van der Waals surface area contributed by atoms with Gasteiger partial charge in [-0.3, -0.25) is 9.59 Å². The normalized spacial score (nSPS) is 41.5. The summed E-state index contributed by atoms with van der Waals surface area (Å²) in [4.78, 5) is 41.4. The molecular weight excluding hydrogens is 378 g/mol. The Balaban J connectivity index is 1.85. The van der Waals surface area contributed by atoms with Gasteiger partial charge in [0.15, 0.2) is 0 Å². The summed E-state index contributed by atoms with van der Waals surface area (Å²) in [5.74, 6) is 3.67. The first kappa shape index (κ1) is 22.0. The molecule has 0 aromatic carbocycles. The van der Waals surface area contributed by atoms with Gasteiger partial charge in [-0.2, -0.15) is 5.90 Å². The van der Waals surface area contributed by atoms with Crippen molar-refractivity contribution >= 4 is 17.8 Å². The first-order chi connectivity index (χ1) is 13.8. The summed E-state index contributed by atoms with van der Waals surface area (Å²) in [6.45, 7) is 1.57. The summed E-state index contributed by atoms with van der Waals surface area (Å²) in [6.07, 6.45) is 3.61. The van der Waals surface area contributed by atoms with E-state index in [0.29, 0.717) is 32.1 Å². The van der Waals surface area contributed by atoms with Crippen LogP contribution in [0.3, 0.4) is 0 Å². The smallest absolute Gasteiger partial charge is 0.347 e. The van der Waals surface area contributed by atoms with Gasteiger partial charge < -0.3 is 25.7 Å². The van der Waals surface area contributed by atoms with E-state index in [1.807, 2.05) is 0 Å². The molecule has 2 amide bonds. The lowest BCUT2D eigenvalue weighted by Gasteiger charge is -2.44. The third kappa shape index (κ3) is 5.26. The van der Waals surface area contributed by atoms with Crippen LogP contribution < -0.4 is 16.5 Å². The number of aliphatic hydroxyl groups is 2. The molecule has 164 valence electrons. The van der Waals surface area contributed by atoms with E-state index in [9.17, 15) is 24.6 Å². The zero-order valence-corrected chi connectivity index (χ0v) is 16.9. The average molecular weight is 411 g/mol. The Morgan fingerprint density at radius 1 is 0.966 bits per heavy atom. The van der Waals surface area contributed by atoms with Crippen molar-refractivity contribution in [1.82, 2.24) is 10.6 Å². The number of carbonyl (C=O) groups is 3. The molecule has 9 nitrogen and oxygen atoms in total. The van der Waals surface area contributed by atoms with Crippen molar-refractivity contribution in [3.05, 3.63) is 0 Å². The highest BCUT2D eigenvalue weighted by Crippen LogP contribution is 2.44. The van der Waals surface area contributed by atoms with Crippen molar-refractivity contribution < 1.29 is 29.4 Å². The van der Waals surface area contributed by atoms with Gasteiger partial charge in [-0.1, -0.05) is 0 Å². The van der Waals surface area contributed by atoms with Crippen molar-refractivity contribution in [2.24, 2.45) is 29.6 Å². The molecule has 2 saturated carbocycles. The number of fused-ring (bicyclic) bond motifs is 5. The largest absolute Gasteiger partial charge is 0.393 e. The van der Waals surface area contributed by atoms with Crippen LogP contribution in [0, 0.1) is 23.7 Å². The monoisotopic (exact) mass is 411 g/mol. The highest BCUT2D eigenvalue weighted by atomic mass is 16.7. The van der Waals surface area contributed by atoms with E-state index in [1.54, 1.807) is 6.92 Å². The van der Waals surface area contributed by atoms with Crippen LogP contribution in [0.4, 0.5) is 0 Å². The molecule has 29 heavy (non-hydrogen) atoms. The zero-order chi connectivity index (χ0) is 21.1. The van der Waals surface area contributed by atoms with Crippen LogP contribution in [0.25, 0.3) is 0 Å². The summed E-state index contributed by atoms with van der Waals surface area (Å²) >= 11 is 0. The summed E-state index contributed by atoms with van der Waals surface area (Å²) in [5, 5.41) is 26.6. The van der Waals surface area contributed by atoms with Gasteiger partial charge in [0, 0.05) is 6.42 Å². The van der Waals surface area contributed by atoms with Gasteiger partial charge in [0.25, 0.3) is 0 Å². The van der Waals surface area contributed by atoms with Crippen LogP contribution in [0.5, 0.6) is 0 Å². The Morgan fingerprint density at radius 2 is 1.55 bits per heavy atom. The third-order valence-corrected chi connectivity index (χ3v) is 7.02. The fraction of sp³-hybridized carbons (Fsp3) is 0.850. The molecule has 9 heteroatoms. The number of carbonyl (C=O) groups excluding carboxylic acids is 3. The van der Waals surface area contributed by atoms with E-state index in [-0.39, 0.29) is 36.0 Å². The molecule has 0 spiro atoms. The van der Waals surface area contributed by atoms with Gasteiger partial charge in [-0.05, 0) is 75.5 Å². The lowest BCUT2D eigenvalue weighted by molar-refractivity contribution is -0.149. The zero-order valence-electron chi connectivity index (χ0n) is 16.9. The van der Waals surface area contributed by atoms with Gasteiger partial charge in [-0.15, -0.1) is 0 Å². The van der Waals surface area contributed by atoms with Crippen LogP contribution in [0.1, 0.15) is 58.3 Å². The lowest BCUT2D eigenvalue weighted by atomic mass is 9.64. The summed E-state index contributed by atoms with van der Waals surface area (Å²) < 4.78 is 0. The second-order valence-electron chi connectivity index (χ2n) is 9.05. The lowest BCUT2D eigenvalue weighted by Crippen LogP contribution is -2.52. The molecule has 8 atom stereocenters. The van der Waals surface area contributed by atoms with Gasteiger partial charge in [-0.25, -0.2) is 4.79 Å². The first-order valence-electron chi connectivity index (χ1n) is 10.6. The van der Waals surface area contributed by atoms with E-state index in [0.717, 1.165) is 12.8 Å². The molecular formula is C20H33N3O6. The van der Waals surface area contributed by atoms with Gasteiger partial charge in [0.2, 0.25) is 11.8 Å². The Bertz CT molecular complexity index is 629. The maximum atomic E-state index is 12.5. The van der Waals surface area contributed by atoms with E-state index in [4.69, 9.17) is 5.90 Å². The molecule has 0 aromatic heterocycles. The van der Waals surface area contributed by atoms with Crippen LogP contribution in [-0.4, -0.2) is 52.3 Å². The highest BCUT2D eigenvalue weighted by molar-refractivity contribution is 5.90. The fourth-order valence-electron chi connectivity index (χ4n) is 5.43. The van der Waals surface area contributed by atoms with Gasteiger partial charge in [0.05, 0.1) is 12.2 Å². The average Bonchev–Trinajstić information content (AvgIpc) is 2.69. The SMILES string of the molecule is C[C@@H]1NC(=O)C[C@H]2CC[C@H](O)[C@@H](C2)[C@@H]2C[C@H](CC[C@@H]2O)C[C@@H](C(=O)ON)NC1=O. The number of rotatable bonds is 1. The van der Waals surface area contributed by atoms with Crippen molar-refractivity contribution in [2.45, 2.75) is 82.6 Å². The number of amides is 2. The maximum Gasteiger partial charge on any atom is 0.347 e. The molecule has 1 saturated heterocycles. The summed E-state index contributed by atoms with van der Waals surface area (Å²) in [7, 11) is 0. The number of nitrogens with two attached hydrogens (primary N) is 1. The first-order valence-corrected chi connectivity index (χ1v) is 10.6. The molecule has 0 unspecified atom stereocenters. The second-order valence-corrected chi connectivity index (χ2v) is 9.05. The Labute approximate surface area is 170 Å². The molecule has 3 fully saturated rings. The van der Waals surface area contributed by atoms with Crippen molar-refractivity contribution in [2.75, 3.05) is 0 Å². The molecule has 0 radical (unpaired) electrons. The van der Waals surface area contributed by atoms with Crippen molar-refractivity contribution in [3.63, 3.8) is 0 Å². The van der Waals surface area contributed by atoms with Crippen LogP contribution >= 0.6 is 0 Å². The standard InChI is InChI=1S/C20H33N3O6/c1-10-19(27)23-15(20(28)29-21)8-11-2-4-16(24)13(6-11)14-7-12(3-5-17(14)25)9-18(26)22-10/h10-17,24-25H,2-9,21H2,1H3,(H,22,26)(H,23,27)/t10-,11-,12-,13-,14-,15-,16-,17-/m0/s1. The predicted octanol–water partition coefficient (Wildman–Crippen LogP) is -0.259. The number of aliphatic hydroxyl groups excluding tert-OH is 2. The van der Waals surface area contributed by atoms with E-state index in [1.165, 1.54) is 0 Å². The van der Waals surface area contributed by atoms with E-state index < -0.39 is 36.2 Å². The molecule has 6 N–H and O–H groups in total. The molecule has 3 aliphatic rings. The minimum Gasteiger partial charge on any atom is -0.393 e. The van der Waals surface area contributed by atoms with Crippen LogP contribution in [0.15, 0.2) is 0 Å². The predicted molar refractivity (Wildman–Crippen MR) is 103 cm³/mol. The summed E-state index contributed by atoms with van der Waals surface area (Å²) in [5.41, 5.74) is 0. The third-order valence-electron chi connectivity index (χ3n) is 7.02. The summed E-state index contributed by atoms with van der Waals surface area (Å²) in [6, 6.07) is -1.70.